The normalized spacial score (nSPS) is 16.7. The molecule has 4 heteroatoms. The molecular formula is C11H15BrN2O. The van der Waals surface area contributed by atoms with Gasteiger partial charge in [-0.2, -0.15) is 0 Å². The molecule has 1 atom stereocenters. The Labute approximate surface area is 98.0 Å². The Morgan fingerprint density at radius 1 is 1.60 bits per heavy atom. The number of fused-ring (bicyclic) bond motifs is 1. The van der Waals surface area contributed by atoms with E-state index in [-0.39, 0.29) is 12.6 Å². The molecule has 0 aliphatic carbocycles. The Balaban J connectivity index is 2.44. The van der Waals surface area contributed by atoms with Gasteiger partial charge in [-0.05, 0) is 39.5 Å². The van der Waals surface area contributed by atoms with E-state index >= 15 is 0 Å². The molecule has 15 heavy (non-hydrogen) atoms. The van der Waals surface area contributed by atoms with Gasteiger partial charge in [0.1, 0.15) is 0 Å². The first kappa shape index (κ1) is 10.9. The summed E-state index contributed by atoms with van der Waals surface area (Å²) in [5.41, 5.74) is 9.37. The summed E-state index contributed by atoms with van der Waals surface area (Å²) in [6, 6.07) is 3.82. The second-order valence-electron chi connectivity index (χ2n) is 3.97. The number of likely N-dealkylation sites (N-methyl/N-ethyl adjacent to an activating group) is 1. The molecule has 0 bridgehead atoms. The minimum Gasteiger partial charge on any atom is -0.394 e. The summed E-state index contributed by atoms with van der Waals surface area (Å²) in [7, 11) is 2.09. The second-order valence-corrected chi connectivity index (χ2v) is 4.83. The fourth-order valence-corrected chi connectivity index (χ4v) is 2.84. The highest BCUT2D eigenvalue weighted by molar-refractivity contribution is 9.10. The van der Waals surface area contributed by atoms with Crippen LogP contribution in [0.4, 0.5) is 5.69 Å². The van der Waals surface area contributed by atoms with Gasteiger partial charge in [0, 0.05) is 18.1 Å². The van der Waals surface area contributed by atoms with Crippen LogP contribution in [0.2, 0.25) is 0 Å². The third-order valence-electron chi connectivity index (χ3n) is 2.89. The summed E-state index contributed by atoms with van der Waals surface area (Å²) in [5.74, 6) is 0. The van der Waals surface area contributed by atoms with Gasteiger partial charge >= 0.3 is 0 Å². The Kier molecular flexibility index (Phi) is 3.00. The van der Waals surface area contributed by atoms with Crippen LogP contribution in [0.25, 0.3) is 0 Å². The van der Waals surface area contributed by atoms with Gasteiger partial charge in [0.05, 0.1) is 18.3 Å². The Hall–Kier alpha value is -0.580. The third kappa shape index (κ3) is 1.89. The molecule has 2 rings (SSSR count). The van der Waals surface area contributed by atoms with Crippen molar-refractivity contribution in [3.63, 3.8) is 0 Å². The molecule has 1 aromatic carbocycles. The molecule has 1 heterocycles. The molecular weight excluding hydrogens is 256 g/mol. The van der Waals surface area contributed by atoms with Crippen LogP contribution in [0.5, 0.6) is 0 Å². The van der Waals surface area contributed by atoms with Crippen LogP contribution in [0.3, 0.4) is 0 Å². The summed E-state index contributed by atoms with van der Waals surface area (Å²) in [4.78, 5) is 2.23. The lowest BCUT2D eigenvalue weighted by molar-refractivity contribution is 0.268. The maximum absolute atomic E-state index is 9.03. The summed E-state index contributed by atoms with van der Waals surface area (Å²) in [6.45, 7) is 1.03. The van der Waals surface area contributed by atoms with E-state index in [1.807, 2.05) is 6.07 Å². The molecule has 1 aliphatic heterocycles. The predicted octanol–water partition coefficient (Wildman–Crippen LogP) is 1.43. The summed E-state index contributed by atoms with van der Waals surface area (Å²) in [6.07, 6.45) is 1.05. The van der Waals surface area contributed by atoms with Crippen molar-refractivity contribution in [3.05, 3.63) is 27.7 Å². The van der Waals surface area contributed by atoms with Gasteiger partial charge in [-0.25, -0.2) is 0 Å². The average molecular weight is 271 g/mol. The van der Waals surface area contributed by atoms with Crippen molar-refractivity contribution >= 4 is 21.6 Å². The summed E-state index contributed by atoms with van der Waals surface area (Å²) >= 11 is 3.56. The van der Waals surface area contributed by atoms with E-state index in [1.54, 1.807) is 0 Å². The number of nitrogens with two attached hydrogens (primary N) is 1. The van der Waals surface area contributed by atoms with E-state index in [9.17, 15) is 0 Å². The second kappa shape index (κ2) is 4.12. The van der Waals surface area contributed by atoms with E-state index in [4.69, 9.17) is 10.8 Å². The van der Waals surface area contributed by atoms with Crippen molar-refractivity contribution in [2.24, 2.45) is 5.73 Å². The smallest absolute Gasteiger partial charge is 0.0624 e. The number of hydrogen-bond donors (Lipinski definition) is 2. The molecule has 1 aromatic rings. The van der Waals surface area contributed by atoms with Gasteiger partial charge in [0.15, 0.2) is 0 Å². The number of halogens is 1. The van der Waals surface area contributed by atoms with Crippen molar-refractivity contribution in [1.82, 2.24) is 0 Å². The van der Waals surface area contributed by atoms with E-state index in [1.165, 1.54) is 11.3 Å². The molecule has 3 nitrogen and oxygen atoms in total. The minimum absolute atomic E-state index is 0.0128. The highest BCUT2D eigenvalue weighted by Gasteiger charge is 2.20. The fourth-order valence-electron chi connectivity index (χ4n) is 2.02. The Morgan fingerprint density at radius 2 is 2.33 bits per heavy atom. The molecule has 1 unspecified atom stereocenters. The van der Waals surface area contributed by atoms with Crippen LogP contribution in [-0.4, -0.2) is 25.3 Å². The topological polar surface area (TPSA) is 49.5 Å². The number of aliphatic hydroxyl groups excluding tert-OH is 1. The van der Waals surface area contributed by atoms with Crippen LogP contribution < -0.4 is 10.6 Å². The first-order valence-corrected chi connectivity index (χ1v) is 5.82. The van der Waals surface area contributed by atoms with Crippen molar-refractivity contribution < 1.29 is 5.11 Å². The Bertz CT molecular complexity index is 381. The first-order chi connectivity index (χ1) is 7.13. The predicted molar refractivity (Wildman–Crippen MR) is 65.1 cm³/mol. The molecule has 0 radical (unpaired) electrons. The van der Waals surface area contributed by atoms with Crippen LogP contribution >= 0.6 is 15.9 Å². The zero-order valence-electron chi connectivity index (χ0n) is 8.70. The van der Waals surface area contributed by atoms with Crippen LogP contribution in [0, 0.1) is 0 Å². The van der Waals surface area contributed by atoms with Gasteiger partial charge in [0.2, 0.25) is 0 Å². The third-order valence-corrected chi connectivity index (χ3v) is 3.49. The highest BCUT2D eigenvalue weighted by atomic mass is 79.9. The molecule has 0 fully saturated rings. The first-order valence-electron chi connectivity index (χ1n) is 5.03. The van der Waals surface area contributed by atoms with Crippen LogP contribution in [0.15, 0.2) is 16.6 Å². The van der Waals surface area contributed by atoms with Crippen LogP contribution in [-0.2, 0) is 6.42 Å². The minimum atomic E-state index is -0.280. The number of hydrogen-bond acceptors (Lipinski definition) is 3. The van der Waals surface area contributed by atoms with Crippen LogP contribution in [0.1, 0.15) is 17.2 Å². The molecule has 82 valence electrons. The van der Waals surface area contributed by atoms with Crippen molar-refractivity contribution in [3.8, 4) is 0 Å². The van der Waals surface area contributed by atoms with Gasteiger partial charge < -0.3 is 15.7 Å². The summed E-state index contributed by atoms with van der Waals surface area (Å²) in [5, 5.41) is 9.03. The van der Waals surface area contributed by atoms with E-state index in [2.05, 4.69) is 33.9 Å². The average Bonchev–Trinajstić information content (AvgIpc) is 2.59. The molecule has 0 spiro atoms. The number of rotatable bonds is 2. The van der Waals surface area contributed by atoms with Crippen molar-refractivity contribution in [2.75, 3.05) is 25.1 Å². The van der Waals surface area contributed by atoms with E-state index < -0.39 is 0 Å². The lowest BCUT2D eigenvalue weighted by Crippen LogP contribution is -2.15. The highest BCUT2D eigenvalue weighted by Crippen LogP contribution is 2.36. The molecule has 0 amide bonds. The Morgan fingerprint density at radius 3 is 3.00 bits per heavy atom. The molecule has 0 aromatic heterocycles. The lowest BCUT2D eigenvalue weighted by Gasteiger charge is -2.16. The summed E-state index contributed by atoms with van der Waals surface area (Å²) < 4.78 is 1.07. The largest absolute Gasteiger partial charge is 0.394 e. The van der Waals surface area contributed by atoms with E-state index in [0.29, 0.717) is 0 Å². The number of aliphatic hydroxyl groups is 1. The van der Waals surface area contributed by atoms with Gasteiger partial charge in [-0.3, -0.25) is 0 Å². The van der Waals surface area contributed by atoms with Gasteiger partial charge in [-0.15, -0.1) is 0 Å². The molecule has 0 saturated heterocycles. The maximum atomic E-state index is 9.03. The SMILES string of the molecule is CN1CCc2cc(C(N)CO)cc(Br)c21. The molecule has 1 aliphatic rings. The fraction of sp³-hybridized carbons (Fsp3) is 0.455. The van der Waals surface area contributed by atoms with E-state index in [0.717, 1.165) is 23.0 Å². The maximum Gasteiger partial charge on any atom is 0.0624 e. The molecule has 0 saturated carbocycles. The lowest BCUT2D eigenvalue weighted by atomic mass is 10.0. The standard InChI is InChI=1S/C11H15BrN2O/c1-14-3-2-7-4-8(10(13)6-15)5-9(12)11(7)14/h4-5,10,15H,2-3,6,13H2,1H3. The van der Waals surface area contributed by atoms with Gasteiger partial charge in [0.25, 0.3) is 0 Å². The number of nitrogens with zero attached hydrogens (tertiary/aromatic N) is 1. The van der Waals surface area contributed by atoms with Gasteiger partial charge in [-0.1, -0.05) is 6.07 Å². The number of benzene rings is 1. The zero-order valence-corrected chi connectivity index (χ0v) is 10.3. The monoisotopic (exact) mass is 270 g/mol. The van der Waals surface area contributed by atoms with Crippen molar-refractivity contribution in [1.29, 1.82) is 0 Å². The number of anilines is 1. The quantitative estimate of drug-likeness (QED) is 0.855. The van der Waals surface area contributed by atoms with Crippen molar-refractivity contribution in [2.45, 2.75) is 12.5 Å². The molecule has 3 N–H and O–H groups in total. The zero-order chi connectivity index (χ0) is 11.0.